The standard InChI is InChI=1S/C21H32ClFN6/c1-7-24-20(25-12-19(28(4)5)15-11-27-29(6)13-15)26-14-21(2,3)17-9-8-16(23)10-18(17)22/h8-11,13,19H,7,12,14H2,1-6H3,(H2,24,25,26). The van der Waals surface area contributed by atoms with Gasteiger partial charge in [-0.3, -0.25) is 9.67 Å². The Balaban J connectivity index is 2.12. The highest BCUT2D eigenvalue weighted by atomic mass is 35.5. The lowest BCUT2D eigenvalue weighted by Crippen LogP contribution is -2.42. The predicted octanol–water partition coefficient (Wildman–Crippen LogP) is 3.35. The van der Waals surface area contributed by atoms with E-state index in [-0.39, 0.29) is 17.3 Å². The van der Waals surface area contributed by atoms with Crippen molar-refractivity contribution < 1.29 is 4.39 Å². The van der Waals surface area contributed by atoms with Gasteiger partial charge in [0, 0.05) is 42.3 Å². The highest BCUT2D eigenvalue weighted by Crippen LogP contribution is 2.30. The number of guanidine groups is 1. The van der Waals surface area contributed by atoms with E-state index in [0.29, 0.717) is 18.1 Å². The van der Waals surface area contributed by atoms with Crippen molar-refractivity contribution in [1.82, 2.24) is 25.3 Å². The zero-order chi connectivity index (χ0) is 21.6. The summed E-state index contributed by atoms with van der Waals surface area (Å²) in [6.45, 7) is 8.08. The van der Waals surface area contributed by atoms with Crippen LogP contribution >= 0.6 is 11.6 Å². The van der Waals surface area contributed by atoms with Crippen LogP contribution < -0.4 is 10.6 Å². The summed E-state index contributed by atoms with van der Waals surface area (Å²) >= 11 is 6.26. The van der Waals surface area contributed by atoms with E-state index in [1.54, 1.807) is 10.7 Å². The number of benzene rings is 1. The van der Waals surface area contributed by atoms with E-state index in [0.717, 1.165) is 23.6 Å². The maximum atomic E-state index is 13.4. The second kappa shape index (κ2) is 10.1. The van der Waals surface area contributed by atoms with Crippen molar-refractivity contribution >= 4 is 17.6 Å². The number of aliphatic imine (C=N–C) groups is 1. The van der Waals surface area contributed by atoms with Crippen molar-refractivity contribution in [1.29, 1.82) is 0 Å². The summed E-state index contributed by atoms with van der Waals surface area (Å²) in [6.07, 6.45) is 3.91. The molecule has 0 saturated carbocycles. The van der Waals surface area contributed by atoms with Gasteiger partial charge in [-0.2, -0.15) is 5.10 Å². The minimum Gasteiger partial charge on any atom is -0.357 e. The number of aryl methyl sites for hydroxylation is 1. The second-order valence-electron chi connectivity index (χ2n) is 8.01. The van der Waals surface area contributed by atoms with Crippen LogP contribution in [0.4, 0.5) is 4.39 Å². The van der Waals surface area contributed by atoms with Crippen LogP contribution in [-0.2, 0) is 12.5 Å². The van der Waals surface area contributed by atoms with Crippen LogP contribution in [0.2, 0.25) is 5.02 Å². The lowest BCUT2D eigenvalue weighted by molar-refractivity contribution is 0.298. The number of hydrogen-bond acceptors (Lipinski definition) is 3. The zero-order valence-corrected chi connectivity index (χ0v) is 18.9. The third-order valence-electron chi connectivity index (χ3n) is 4.83. The number of halogens is 2. The van der Waals surface area contributed by atoms with Crippen LogP contribution in [0.25, 0.3) is 0 Å². The summed E-state index contributed by atoms with van der Waals surface area (Å²) in [4.78, 5) is 6.91. The fraction of sp³-hybridized carbons (Fsp3) is 0.524. The number of aromatic nitrogens is 2. The molecule has 0 bridgehead atoms. The first kappa shape index (κ1) is 23.2. The first-order valence-corrected chi connectivity index (χ1v) is 10.1. The Kier molecular flexibility index (Phi) is 8.05. The molecule has 8 heteroatoms. The predicted molar refractivity (Wildman–Crippen MR) is 118 cm³/mol. The van der Waals surface area contributed by atoms with E-state index in [2.05, 4.69) is 34.5 Å². The highest BCUT2D eigenvalue weighted by Gasteiger charge is 2.24. The number of nitrogens with zero attached hydrogens (tertiary/aromatic N) is 4. The van der Waals surface area contributed by atoms with Gasteiger partial charge in [0.15, 0.2) is 5.96 Å². The molecule has 1 aromatic carbocycles. The number of nitrogens with one attached hydrogen (secondary N) is 2. The number of likely N-dealkylation sites (N-methyl/N-ethyl adjacent to an activating group) is 1. The molecular weight excluding hydrogens is 391 g/mol. The quantitative estimate of drug-likeness (QED) is 0.506. The third-order valence-corrected chi connectivity index (χ3v) is 5.15. The van der Waals surface area contributed by atoms with Gasteiger partial charge in [0.25, 0.3) is 0 Å². The van der Waals surface area contributed by atoms with Crippen LogP contribution in [0.5, 0.6) is 0 Å². The molecule has 0 radical (unpaired) electrons. The molecule has 6 nitrogen and oxygen atoms in total. The monoisotopic (exact) mass is 422 g/mol. The molecule has 1 heterocycles. The molecule has 29 heavy (non-hydrogen) atoms. The van der Waals surface area contributed by atoms with Crippen molar-refractivity contribution in [2.45, 2.75) is 32.2 Å². The molecule has 0 fully saturated rings. The van der Waals surface area contributed by atoms with Gasteiger partial charge in [0.05, 0.1) is 18.8 Å². The van der Waals surface area contributed by atoms with E-state index < -0.39 is 0 Å². The van der Waals surface area contributed by atoms with Gasteiger partial charge < -0.3 is 15.5 Å². The van der Waals surface area contributed by atoms with Crippen LogP contribution in [0.15, 0.2) is 35.6 Å². The Morgan fingerprint density at radius 3 is 2.62 bits per heavy atom. The van der Waals surface area contributed by atoms with E-state index in [4.69, 9.17) is 16.6 Å². The molecule has 0 aliphatic rings. The van der Waals surface area contributed by atoms with Crippen molar-refractivity contribution in [3.05, 3.63) is 52.6 Å². The molecule has 0 aliphatic heterocycles. The van der Waals surface area contributed by atoms with Gasteiger partial charge in [-0.1, -0.05) is 31.5 Å². The summed E-state index contributed by atoms with van der Waals surface area (Å²) in [5, 5.41) is 11.4. The second-order valence-corrected chi connectivity index (χ2v) is 8.42. The SMILES string of the molecule is CCNC(=NCC(C)(C)c1ccc(F)cc1Cl)NCC(c1cnn(C)c1)N(C)C. The first-order valence-electron chi connectivity index (χ1n) is 9.76. The molecule has 1 unspecified atom stereocenters. The maximum Gasteiger partial charge on any atom is 0.191 e. The average Bonchev–Trinajstić information content (AvgIpc) is 3.05. The number of hydrogen-bond donors (Lipinski definition) is 2. The molecule has 2 rings (SSSR count). The van der Waals surface area contributed by atoms with Gasteiger partial charge in [0.1, 0.15) is 5.82 Å². The van der Waals surface area contributed by atoms with E-state index in [9.17, 15) is 4.39 Å². The normalized spacial score (nSPS) is 13.6. The molecule has 2 N–H and O–H groups in total. The van der Waals surface area contributed by atoms with Gasteiger partial charge in [-0.05, 0) is 38.7 Å². The van der Waals surface area contributed by atoms with Gasteiger partial charge >= 0.3 is 0 Å². The van der Waals surface area contributed by atoms with Gasteiger partial charge in [-0.15, -0.1) is 0 Å². The Labute approximate surface area is 178 Å². The maximum absolute atomic E-state index is 13.4. The molecule has 0 aliphatic carbocycles. The van der Waals surface area contributed by atoms with Crippen LogP contribution in [0.1, 0.15) is 37.9 Å². The third kappa shape index (κ3) is 6.44. The summed E-state index contributed by atoms with van der Waals surface area (Å²) < 4.78 is 15.2. The van der Waals surface area contributed by atoms with Gasteiger partial charge in [-0.25, -0.2) is 4.39 Å². The lowest BCUT2D eigenvalue weighted by Gasteiger charge is -2.27. The smallest absolute Gasteiger partial charge is 0.191 e. The lowest BCUT2D eigenvalue weighted by atomic mass is 9.84. The van der Waals surface area contributed by atoms with Crippen molar-refractivity contribution in [2.24, 2.45) is 12.0 Å². The van der Waals surface area contributed by atoms with Crippen LogP contribution in [-0.4, -0.2) is 54.4 Å². The molecule has 1 aromatic heterocycles. The van der Waals surface area contributed by atoms with E-state index in [1.165, 1.54) is 12.1 Å². The summed E-state index contributed by atoms with van der Waals surface area (Å²) in [5.74, 6) is 0.396. The fourth-order valence-electron chi connectivity index (χ4n) is 3.15. The van der Waals surface area contributed by atoms with Gasteiger partial charge in [0.2, 0.25) is 0 Å². The van der Waals surface area contributed by atoms with Crippen LogP contribution in [0.3, 0.4) is 0 Å². The highest BCUT2D eigenvalue weighted by molar-refractivity contribution is 6.31. The average molecular weight is 423 g/mol. The van der Waals surface area contributed by atoms with E-state index in [1.807, 2.05) is 40.5 Å². The Morgan fingerprint density at radius 2 is 2.07 bits per heavy atom. The molecular formula is C21H32ClFN6. The van der Waals surface area contributed by atoms with Crippen molar-refractivity contribution in [3.8, 4) is 0 Å². The first-order chi connectivity index (χ1) is 13.6. The topological polar surface area (TPSA) is 57.5 Å². The molecule has 1 atom stereocenters. The molecule has 0 amide bonds. The minimum atomic E-state index is -0.336. The zero-order valence-electron chi connectivity index (χ0n) is 18.1. The summed E-state index contributed by atoms with van der Waals surface area (Å²) in [6, 6.07) is 4.68. The summed E-state index contributed by atoms with van der Waals surface area (Å²) in [5.41, 5.74) is 1.68. The molecule has 0 saturated heterocycles. The van der Waals surface area contributed by atoms with E-state index >= 15 is 0 Å². The Bertz CT molecular complexity index is 830. The molecule has 2 aromatic rings. The number of rotatable bonds is 8. The molecule has 160 valence electrons. The Hall–Kier alpha value is -2.12. The van der Waals surface area contributed by atoms with Crippen molar-refractivity contribution in [3.63, 3.8) is 0 Å². The van der Waals surface area contributed by atoms with Crippen LogP contribution in [0, 0.1) is 5.82 Å². The minimum absolute atomic E-state index is 0.159. The van der Waals surface area contributed by atoms with Crippen molar-refractivity contribution in [2.75, 3.05) is 33.7 Å². The molecule has 0 spiro atoms. The summed E-state index contributed by atoms with van der Waals surface area (Å²) in [7, 11) is 6.00. The largest absolute Gasteiger partial charge is 0.357 e. The fourth-order valence-corrected chi connectivity index (χ4v) is 3.57. The Morgan fingerprint density at radius 1 is 1.34 bits per heavy atom.